The van der Waals surface area contributed by atoms with Crippen LogP contribution in [0.5, 0.6) is 17.2 Å². The number of rotatable bonds is 6. The fourth-order valence-corrected chi connectivity index (χ4v) is 3.05. The molecule has 1 aliphatic rings. The van der Waals surface area contributed by atoms with Gasteiger partial charge in [-0.3, -0.25) is 9.78 Å². The van der Waals surface area contributed by atoms with E-state index in [1.165, 1.54) is 26.2 Å². The highest BCUT2D eigenvalue weighted by Crippen LogP contribution is 2.36. The van der Waals surface area contributed by atoms with Gasteiger partial charge in [-0.15, -0.1) is 0 Å². The number of halogens is 1. The number of hydrogen-bond donors (Lipinski definition) is 3. The van der Waals surface area contributed by atoms with Gasteiger partial charge in [0.2, 0.25) is 5.91 Å². The summed E-state index contributed by atoms with van der Waals surface area (Å²) >= 11 is 0. The Labute approximate surface area is 177 Å². The Morgan fingerprint density at radius 2 is 1.87 bits per heavy atom. The lowest BCUT2D eigenvalue weighted by atomic mass is 10.1. The van der Waals surface area contributed by atoms with Crippen LogP contribution in [0.2, 0.25) is 0 Å². The maximum Gasteiger partial charge on any atom is 0.319 e. The Kier molecular flexibility index (Phi) is 5.57. The molecule has 9 heteroatoms. The highest BCUT2D eigenvalue weighted by Gasteiger charge is 2.23. The second-order valence-electron chi connectivity index (χ2n) is 7.18. The lowest BCUT2D eigenvalue weighted by Crippen LogP contribution is -2.30. The summed E-state index contributed by atoms with van der Waals surface area (Å²) in [6.45, 7) is 1.40. The first kappa shape index (κ1) is 20.4. The van der Waals surface area contributed by atoms with Crippen LogP contribution in [0.4, 0.5) is 20.6 Å². The summed E-state index contributed by atoms with van der Waals surface area (Å²) in [5.41, 5.74) is 1.11. The van der Waals surface area contributed by atoms with E-state index in [0.717, 1.165) is 12.8 Å². The number of fused-ring (bicyclic) bond motifs is 1. The molecule has 0 saturated heterocycles. The van der Waals surface area contributed by atoms with Crippen molar-refractivity contribution in [3.8, 4) is 17.2 Å². The number of anilines is 2. The first-order valence-corrected chi connectivity index (χ1v) is 9.72. The SMILES string of the molecule is COc1cc2nccc(Oc3ccc(NC(=O)NC4CC4)c(F)c3)c2cc1NC(C)=O. The maximum absolute atomic E-state index is 14.5. The van der Waals surface area contributed by atoms with E-state index in [-0.39, 0.29) is 23.4 Å². The summed E-state index contributed by atoms with van der Waals surface area (Å²) in [6, 6.07) is 8.93. The van der Waals surface area contributed by atoms with Crippen LogP contribution in [-0.2, 0) is 4.79 Å². The average molecular weight is 424 g/mol. The second-order valence-corrected chi connectivity index (χ2v) is 7.18. The van der Waals surface area contributed by atoms with Crippen LogP contribution in [0, 0.1) is 5.82 Å². The summed E-state index contributed by atoms with van der Waals surface area (Å²) in [7, 11) is 1.50. The van der Waals surface area contributed by atoms with Crippen molar-refractivity contribution in [2.45, 2.75) is 25.8 Å². The molecule has 3 aromatic rings. The van der Waals surface area contributed by atoms with Gasteiger partial charge in [0.05, 0.1) is 24.0 Å². The number of urea groups is 1. The largest absolute Gasteiger partial charge is 0.494 e. The smallest absolute Gasteiger partial charge is 0.319 e. The number of methoxy groups -OCH3 is 1. The lowest BCUT2D eigenvalue weighted by molar-refractivity contribution is -0.114. The second kappa shape index (κ2) is 8.47. The molecule has 1 aromatic heterocycles. The zero-order valence-corrected chi connectivity index (χ0v) is 17.0. The van der Waals surface area contributed by atoms with E-state index in [0.29, 0.717) is 28.1 Å². The van der Waals surface area contributed by atoms with Crippen LogP contribution in [0.25, 0.3) is 10.9 Å². The predicted octanol–water partition coefficient (Wildman–Crippen LogP) is 4.42. The molecule has 1 fully saturated rings. The van der Waals surface area contributed by atoms with Crippen molar-refractivity contribution in [1.29, 1.82) is 0 Å². The number of ether oxygens (including phenoxy) is 2. The van der Waals surface area contributed by atoms with Crippen LogP contribution in [0.1, 0.15) is 19.8 Å². The third-order valence-corrected chi connectivity index (χ3v) is 4.66. The number of pyridine rings is 1. The lowest BCUT2D eigenvalue weighted by Gasteiger charge is -2.14. The molecule has 0 spiro atoms. The highest BCUT2D eigenvalue weighted by atomic mass is 19.1. The minimum absolute atomic E-state index is 0.0581. The van der Waals surface area contributed by atoms with Gasteiger partial charge in [0, 0.05) is 36.7 Å². The molecule has 4 rings (SSSR count). The van der Waals surface area contributed by atoms with Crippen molar-refractivity contribution in [3.63, 3.8) is 0 Å². The number of hydrogen-bond acceptors (Lipinski definition) is 5. The third-order valence-electron chi connectivity index (χ3n) is 4.66. The number of nitrogens with zero attached hydrogens (tertiary/aromatic N) is 1. The van der Waals surface area contributed by atoms with Crippen molar-refractivity contribution in [2.75, 3.05) is 17.7 Å². The van der Waals surface area contributed by atoms with Crippen LogP contribution >= 0.6 is 0 Å². The molecule has 3 amide bonds. The van der Waals surface area contributed by atoms with Crippen LogP contribution in [0.3, 0.4) is 0 Å². The fourth-order valence-electron chi connectivity index (χ4n) is 3.05. The van der Waals surface area contributed by atoms with Crippen molar-refractivity contribution < 1.29 is 23.5 Å². The first-order valence-electron chi connectivity index (χ1n) is 9.72. The Hall–Kier alpha value is -3.88. The van der Waals surface area contributed by atoms with Crippen molar-refractivity contribution >= 4 is 34.2 Å². The number of nitrogens with one attached hydrogen (secondary N) is 3. The molecular weight excluding hydrogens is 403 g/mol. The van der Waals surface area contributed by atoms with Gasteiger partial charge in [-0.2, -0.15) is 0 Å². The maximum atomic E-state index is 14.5. The molecule has 1 saturated carbocycles. The summed E-state index contributed by atoms with van der Waals surface area (Å²) < 4.78 is 25.7. The summed E-state index contributed by atoms with van der Waals surface area (Å²) in [4.78, 5) is 27.6. The number of aromatic nitrogens is 1. The molecule has 1 aliphatic carbocycles. The van der Waals surface area contributed by atoms with E-state index in [9.17, 15) is 14.0 Å². The van der Waals surface area contributed by atoms with E-state index in [1.807, 2.05) is 0 Å². The minimum Gasteiger partial charge on any atom is -0.494 e. The molecule has 0 atom stereocenters. The van der Waals surface area contributed by atoms with Crippen molar-refractivity contribution in [3.05, 3.63) is 48.4 Å². The topological polar surface area (TPSA) is 102 Å². The van der Waals surface area contributed by atoms with Gasteiger partial charge in [0.25, 0.3) is 0 Å². The van der Waals surface area contributed by atoms with E-state index >= 15 is 0 Å². The van der Waals surface area contributed by atoms with Crippen LogP contribution in [0.15, 0.2) is 42.6 Å². The summed E-state index contributed by atoms with van der Waals surface area (Å²) in [5.74, 6) is 0.251. The number of amides is 3. The van der Waals surface area contributed by atoms with Crippen LogP contribution < -0.4 is 25.4 Å². The Bertz CT molecular complexity index is 1160. The molecule has 3 N–H and O–H groups in total. The molecule has 0 bridgehead atoms. The van der Waals surface area contributed by atoms with Crippen LogP contribution in [-0.4, -0.2) is 30.1 Å². The van der Waals surface area contributed by atoms with E-state index in [4.69, 9.17) is 9.47 Å². The van der Waals surface area contributed by atoms with Gasteiger partial charge in [0.15, 0.2) is 0 Å². The van der Waals surface area contributed by atoms with Crippen molar-refractivity contribution in [2.24, 2.45) is 0 Å². The molecular formula is C22H21FN4O4. The standard InChI is InChI=1S/C22H21FN4O4/c1-12(28)25-19-10-15-18(11-21(19)30-2)24-8-7-20(15)31-14-5-6-17(16(23)9-14)27-22(29)26-13-3-4-13/h5-11,13H,3-4H2,1-2H3,(H,25,28)(H2,26,27,29). The summed E-state index contributed by atoms with van der Waals surface area (Å²) in [6.07, 6.45) is 3.44. The zero-order chi connectivity index (χ0) is 22.0. The molecule has 160 valence electrons. The zero-order valence-electron chi connectivity index (χ0n) is 17.0. The molecule has 0 radical (unpaired) electrons. The number of benzene rings is 2. The first-order chi connectivity index (χ1) is 14.9. The van der Waals surface area contributed by atoms with Gasteiger partial charge in [-0.05, 0) is 37.1 Å². The Morgan fingerprint density at radius 1 is 1.06 bits per heavy atom. The summed E-state index contributed by atoms with van der Waals surface area (Å²) in [5, 5.41) is 8.55. The fraction of sp³-hybridized carbons (Fsp3) is 0.227. The monoisotopic (exact) mass is 424 g/mol. The minimum atomic E-state index is -0.623. The number of carbonyl (C=O) groups is 2. The highest BCUT2D eigenvalue weighted by molar-refractivity contribution is 5.97. The molecule has 8 nitrogen and oxygen atoms in total. The van der Waals surface area contributed by atoms with Gasteiger partial charge < -0.3 is 25.4 Å². The third kappa shape index (κ3) is 4.82. The Balaban J connectivity index is 1.59. The van der Waals surface area contributed by atoms with Gasteiger partial charge in [-0.25, -0.2) is 9.18 Å². The molecule has 31 heavy (non-hydrogen) atoms. The predicted molar refractivity (Wildman–Crippen MR) is 114 cm³/mol. The molecule has 1 heterocycles. The number of carbonyl (C=O) groups excluding carboxylic acids is 2. The van der Waals surface area contributed by atoms with Gasteiger partial charge in [0.1, 0.15) is 23.1 Å². The molecule has 0 unspecified atom stereocenters. The average Bonchev–Trinajstić information content (AvgIpc) is 3.53. The molecule has 0 aliphatic heterocycles. The van der Waals surface area contributed by atoms with Crippen molar-refractivity contribution in [1.82, 2.24) is 10.3 Å². The van der Waals surface area contributed by atoms with Gasteiger partial charge in [-0.1, -0.05) is 0 Å². The van der Waals surface area contributed by atoms with Gasteiger partial charge >= 0.3 is 6.03 Å². The molecule has 2 aromatic carbocycles. The quantitative estimate of drug-likeness (QED) is 0.544. The van der Waals surface area contributed by atoms with E-state index in [2.05, 4.69) is 20.9 Å². The Morgan fingerprint density at radius 3 is 2.55 bits per heavy atom. The normalized spacial score (nSPS) is 12.9. The van der Waals surface area contributed by atoms with E-state index < -0.39 is 11.8 Å². The van der Waals surface area contributed by atoms with E-state index in [1.54, 1.807) is 30.5 Å².